The number of hydrogen-bond acceptors (Lipinski definition) is 7. The number of ether oxygens (including phenoxy) is 2. The lowest BCUT2D eigenvalue weighted by Crippen LogP contribution is -2.38. The Bertz CT molecular complexity index is 666. The molecule has 3 rings (SSSR count). The number of esters is 2. The van der Waals surface area contributed by atoms with Crippen LogP contribution in [0.5, 0.6) is 0 Å². The predicted molar refractivity (Wildman–Crippen MR) is 87.9 cm³/mol. The molecular formula is C17H26O7S. The highest BCUT2D eigenvalue weighted by molar-refractivity contribution is 7.87. The van der Waals surface area contributed by atoms with Crippen molar-refractivity contribution < 1.29 is 31.7 Å². The first kappa shape index (κ1) is 18.6. The van der Waals surface area contributed by atoms with Crippen molar-refractivity contribution in [2.24, 2.45) is 23.2 Å². The van der Waals surface area contributed by atoms with Crippen molar-refractivity contribution in [2.75, 3.05) is 6.61 Å². The molecule has 1 saturated heterocycles. The molecule has 0 N–H and O–H groups in total. The summed E-state index contributed by atoms with van der Waals surface area (Å²) >= 11 is 0. The van der Waals surface area contributed by atoms with Gasteiger partial charge in [-0.3, -0.25) is 8.98 Å². The van der Waals surface area contributed by atoms with E-state index < -0.39 is 51.5 Å². The van der Waals surface area contributed by atoms with Crippen molar-refractivity contribution >= 4 is 22.1 Å². The van der Waals surface area contributed by atoms with Gasteiger partial charge in [-0.05, 0) is 39.0 Å². The third kappa shape index (κ3) is 3.43. The Morgan fingerprint density at radius 3 is 2.56 bits per heavy atom. The molecule has 0 aromatic carbocycles. The van der Waals surface area contributed by atoms with Crippen molar-refractivity contribution in [3.05, 3.63) is 0 Å². The normalized spacial score (nSPS) is 35.2. The van der Waals surface area contributed by atoms with Crippen LogP contribution in [-0.4, -0.2) is 44.4 Å². The molecule has 0 radical (unpaired) electrons. The van der Waals surface area contributed by atoms with Gasteiger partial charge in [-0.1, -0.05) is 13.8 Å². The van der Waals surface area contributed by atoms with Crippen LogP contribution in [0.1, 0.15) is 47.0 Å². The second-order valence-corrected chi connectivity index (χ2v) is 10.3. The summed E-state index contributed by atoms with van der Waals surface area (Å²) in [4.78, 5) is 24.2. The quantitative estimate of drug-likeness (QED) is 0.515. The first-order valence-electron chi connectivity index (χ1n) is 8.80. The SMILES string of the molecule is CC(C)CC(C)(C)C(=O)OCC(=O)OC1C2CC3C1OS(=O)(=O)C3C2. The van der Waals surface area contributed by atoms with E-state index in [2.05, 4.69) is 0 Å². The van der Waals surface area contributed by atoms with Gasteiger partial charge in [0, 0.05) is 11.8 Å². The fourth-order valence-electron chi connectivity index (χ4n) is 4.65. The molecular weight excluding hydrogens is 348 g/mol. The molecule has 25 heavy (non-hydrogen) atoms. The van der Waals surface area contributed by atoms with Crippen molar-refractivity contribution in [1.82, 2.24) is 0 Å². The molecule has 0 amide bonds. The molecule has 2 bridgehead atoms. The molecule has 142 valence electrons. The zero-order valence-corrected chi connectivity index (χ0v) is 15.9. The van der Waals surface area contributed by atoms with E-state index in [1.165, 1.54) is 0 Å². The Hall–Kier alpha value is -1.15. The Labute approximate surface area is 148 Å². The van der Waals surface area contributed by atoms with E-state index in [4.69, 9.17) is 13.7 Å². The van der Waals surface area contributed by atoms with Gasteiger partial charge >= 0.3 is 11.9 Å². The highest BCUT2D eigenvalue weighted by atomic mass is 32.2. The van der Waals surface area contributed by atoms with Gasteiger partial charge in [-0.25, -0.2) is 4.79 Å². The van der Waals surface area contributed by atoms with E-state index in [0.717, 1.165) is 0 Å². The summed E-state index contributed by atoms with van der Waals surface area (Å²) in [7, 11) is -3.53. The van der Waals surface area contributed by atoms with Gasteiger partial charge in [0.1, 0.15) is 12.2 Å². The second kappa shape index (κ2) is 6.23. The topological polar surface area (TPSA) is 96.0 Å². The van der Waals surface area contributed by atoms with E-state index in [0.29, 0.717) is 25.2 Å². The molecule has 3 aliphatic rings. The van der Waals surface area contributed by atoms with E-state index >= 15 is 0 Å². The number of carbonyl (C=O) groups excluding carboxylic acids is 2. The zero-order valence-electron chi connectivity index (χ0n) is 15.1. The molecule has 3 fully saturated rings. The highest BCUT2D eigenvalue weighted by Gasteiger charge is 2.65. The fraction of sp³-hybridized carbons (Fsp3) is 0.882. The lowest BCUT2D eigenvalue weighted by molar-refractivity contribution is -0.171. The third-order valence-electron chi connectivity index (χ3n) is 5.47. The molecule has 0 aromatic rings. The van der Waals surface area contributed by atoms with E-state index in [9.17, 15) is 18.0 Å². The van der Waals surface area contributed by atoms with Crippen LogP contribution < -0.4 is 0 Å². The van der Waals surface area contributed by atoms with Crippen LogP contribution in [0.3, 0.4) is 0 Å². The number of fused-ring (bicyclic) bond motifs is 1. The molecule has 2 saturated carbocycles. The summed E-state index contributed by atoms with van der Waals surface area (Å²) in [5, 5.41) is -0.452. The Kier molecular flexibility index (Phi) is 4.64. The number of hydrogen-bond donors (Lipinski definition) is 0. The summed E-state index contributed by atoms with van der Waals surface area (Å²) < 4.78 is 39.5. The van der Waals surface area contributed by atoms with E-state index in [-0.39, 0.29) is 11.8 Å². The standard InChI is InChI=1S/C17H26O7S/c1-9(2)7-17(3,4)16(19)22-8-13(18)23-14-10-5-11-12(6-10)25(20,21)24-15(11)14/h9-12,14-15H,5-8H2,1-4H3. The average molecular weight is 374 g/mol. The monoisotopic (exact) mass is 374 g/mol. The van der Waals surface area contributed by atoms with Crippen LogP contribution >= 0.6 is 0 Å². The minimum absolute atomic E-state index is 0.00862. The van der Waals surface area contributed by atoms with Gasteiger partial charge in [0.25, 0.3) is 10.1 Å². The Morgan fingerprint density at radius 1 is 1.24 bits per heavy atom. The summed E-state index contributed by atoms with van der Waals surface area (Å²) in [6, 6.07) is 0. The Balaban J connectivity index is 1.52. The molecule has 1 aliphatic heterocycles. The maximum absolute atomic E-state index is 12.1. The average Bonchev–Trinajstić information content (AvgIpc) is 3.07. The maximum Gasteiger partial charge on any atom is 0.344 e. The van der Waals surface area contributed by atoms with Gasteiger partial charge in [0.05, 0.1) is 10.7 Å². The summed E-state index contributed by atoms with van der Waals surface area (Å²) in [5.41, 5.74) is -0.670. The van der Waals surface area contributed by atoms with E-state index in [1.54, 1.807) is 13.8 Å². The van der Waals surface area contributed by atoms with Crippen LogP contribution in [0, 0.1) is 23.2 Å². The van der Waals surface area contributed by atoms with Crippen molar-refractivity contribution in [1.29, 1.82) is 0 Å². The number of rotatable bonds is 6. The molecule has 8 heteroatoms. The summed E-state index contributed by atoms with van der Waals surface area (Å²) in [6.45, 7) is 7.14. The second-order valence-electron chi connectivity index (χ2n) is 8.50. The largest absolute Gasteiger partial charge is 0.457 e. The predicted octanol–water partition coefficient (Wildman–Crippen LogP) is 1.65. The van der Waals surface area contributed by atoms with Gasteiger partial charge in [0.2, 0.25) is 0 Å². The van der Waals surface area contributed by atoms with Crippen molar-refractivity contribution in [3.63, 3.8) is 0 Å². The first-order chi connectivity index (χ1) is 11.5. The Morgan fingerprint density at radius 2 is 1.92 bits per heavy atom. The molecule has 0 spiro atoms. The highest BCUT2D eigenvalue weighted by Crippen LogP contribution is 2.55. The van der Waals surface area contributed by atoms with Gasteiger partial charge < -0.3 is 9.47 Å². The molecule has 5 atom stereocenters. The van der Waals surface area contributed by atoms with Crippen LogP contribution in [0.15, 0.2) is 0 Å². The summed E-state index contributed by atoms with van der Waals surface area (Å²) in [6.07, 6.45) is 0.692. The maximum atomic E-state index is 12.1. The fourth-order valence-corrected chi connectivity index (χ4v) is 6.54. The van der Waals surface area contributed by atoms with Gasteiger partial charge in [-0.2, -0.15) is 8.42 Å². The van der Waals surface area contributed by atoms with Crippen LogP contribution in [0.25, 0.3) is 0 Å². The summed E-state index contributed by atoms with van der Waals surface area (Å²) in [5.74, 6) is -0.839. The van der Waals surface area contributed by atoms with Crippen molar-refractivity contribution in [2.45, 2.75) is 64.4 Å². The van der Waals surface area contributed by atoms with Gasteiger partial charge in [0.15, 0.2) is 6.61 Å². The molecule has 7 nitrogen and oxygen atoms in total. The van der Waals surface area contributed by atoms with Crippen molar-refractivity contribution in [3.8, 4) is 0 Å². The van der Waals surface area contributed by atoms with Crippen LogP contribution in [0.2, 0.25) is 0 Å². The molecule has 5 unspecified atom stereocenters. The zero-order chi connectivity index (χ0) is 18.6. The minimum Gasteiger partial charge on any atom is -0.457 e. The number of carbonyl (C=O) groups is 2. The first-order valence-corrected chi connectivity index (χ1v) is 10.3. The minimum atomic E-state index is -3.53. The smallest absolute Gasteiger partial charge is 0.344 e. The van der Waals surface area contributed by atoms with Gasteiger partial charge in [-0.15, -0.1) is 0 Å². The lowest BCUT2D eigenvalue weighted by atomic mass is 9.84. The van der Waals surface area contributed by atoms with Crippen LogP contribution in [0.4, 0.5) is 0 Å². The van der Waals surface area contributed by atoms with Crippen LogP contribution in [-0.2, 0) is 33.4 Å². The molecule has 0 aromatic heterocycles. The van der Waals surface area contributed by atoms with E-state index in [1.807, 2.05) is 13.8 Å². The molecule has 1 heterocycles. The molecule has 2 aliphatic carbocycles. The third-order valence-corrected chi connectivity index (χ3v) is 7.25. The lowest BCUT2D eigenvalue weighted by Gasteiger charge is -2.26.